The summed E-state index contributed by atoms with van der Waals surface area (Å²) in [5.74, 6) is 0.524. The minimum absolute atomic E-state index is 0.108. The van der Waals surface area contributed by atoms with Crippen LogP contribution in [0.15, 0.2) is 40.9 Å². The van der Waals surface area contributed by atoms with Crippen LogP contribution in [0.1, 0.15) is 21.5 Å². The highest BCUT2D eigenvalue weighted by Crippen LogP contribution is 2.22. The third-order valence-electron chi connectivity index (χ3n) is 3.26. The van der Waals surface area contributed by atoms with E-state index in [4.69, 9.17) is 10.5 Å². The van der Waals surface area contributed by atoms with E-state index in [0.29, 0.717) is 23.5 Å². The van der Waals surface area contributed by atoms with Gasteiger partial charge in [0.2, 0.25) is 0 Å². The Balaban J connectivity index is 2.07. The lowest BCUT2D eigenvalue weighted by molar-refractivity contribution is 0.0950. The summed E-state index contributed by atoms with van der Waals surface area (Å²) < 4.78 is 6.03. The van der Waals surface area contributed by atoms with Crippen molar-refractivity contribution in [1.29, 1.82) is 0 Å². The molecule has 4 nitrogen and oxygen atoms in total. The average molecular weight is 349 g/mol. The number of rotatable bonds is 4. The molecular weight excluding hydrogens is 332 g/mol. The first-order valence-electron chi connectivity index (χ1n) is 6.48. The van der Waals surface area contributed by atoms with Crippen molar-refractivity contribution in [2.24, 2.45) is 0 Å². The van der Waals surface area contributed by atoms with Gasteiger partial charge in [0, 0.05) is 16.6 Å². The van der Waals surface area contributed by atoms with E-state index in [1.807, 2.05) is 25.1 Å². The van der Waals surface area contributed by atoms with E-state index >= 15 is 0 Å². The maximum absolute atomic E-state index is 12.2. The third kappa shape index (κ3) is 3.55. The fourth-order valence-corrected chi connectivity index (χ4v) is 2.39. The number of carbonyl (C=O) groups excluding carboxylic acids is 1. The Morgan fingerprint density at radius 2 is 2.10 bits per heavy atom. The summed E-state index contributed by atoms with van der Waals surface area (Å²) in [5, 5.41) is 2.89. The highest BCUT2D eigenvalue weighted by molar-refractivity contribution is 9.10. The summed E-state index contributed by atoms with van der Waals surface area (Å²) in [6.45, 7) is 2.32. The summed E-state index contributed by atoms with van der Waals surface area (Å²) in [6.07, 6.45) is 0. The lowest BCUT2D eigenvalue weighted by atomic mass is 10.1. The van der Waals surface area contributed by atoms with E-state index in [0.717, 1.165) is 15.6 Å². The summed E-state index contributed by atoms with van der Waals surface area (Å²) in [4.78, 5) is 12.2. The van der Waals surface area contributed by atoms with Gasteiger partial charge in [0.15, 0.2) is 0 Å². The minimum Gasteiger partial charge on any atom is -0.495 e. The highest BCUT2D eigenvalue weighted by atomic mass is 79.9. The molecule has 110 valence electrons. The number of nitrogens with one attached hydrogen (secondary N) is 1. The number of hydrogen-bond donors (Lipinski definition) is 2. The first-order chi connectivity index (χ1) is 10.0. The van der Waals surface area contributed by atoms with Crippen LogP contribution in [0.3, 0.4) is 0 Å². The van der Waals surface area contributed by atoms with E-state index in [2.05, 4.69) is 21.2 Å². The van der Waals surface area contributed by atoms with Crippen molar-refractivity contribution in [3.63, 3.8) is 0 Å². The molecule has 2 rings (SSSR count). The van der Waals surface area contributed by atoms with E-state index in [1.165, 1.54) is 0 Å². The van der Waals surface area contributed by atoms with Crippen LogP contribution in [-0.4, -0.2) is 13.0 Å². The van der Waals surface area contributed by atoms with Gasteiger partial charge in [-0.2, -0.15) is 0 Å². The standard InChI is InChI=1S/C16H17BrN2O2/c1-10-12(4-3-5-13(10)17)16(20)19-9-11-6-7-15(21-2)14(18)8-11/h3-8H,9,18H2,1-2H3,(H,19,20). The second-order valence-electron chi connectivity index (χ2n) is 4.67. The molecule has 0 heterocycles. The number of amides is 1. The molecule has 0 aliphatic heterocycles. The predicted octanol–water partition coefficient (Wildman–Crippen LogP) is 3.28. The van der Waals surface area contributed by atoms with Crippen LogP contribution in [-0.2, 0) is 6.54 Å². The number of nitrogen functional groups attached to an aromatic ring is 1. The van der Waals surface area contributed by atoms with Crippen molar-refractivity contribution in [2.75, 3.05) is 12.8 Å². The van der Waals surface area contributed by atoms with Gasteiger partial charge < -0.3 is 15.8 Å². The van der Waals surface area contributed by atoms with Crippen LogP contribution in [0.25, 0.3) is 0 Å². The first-order valence-corrected chi connectivity index (χ1v) is 7.28. The number of benzene rings is 2. The predicted molar refractivity (Wildman–Crippen MR) is 87.5 cm³/mol. The lowest BCUT2D eigenvalue weighted by Gasteiger charge is -2.10. The lowest BCUT2D eigenvalue weighted by Crippen LogP contribution is -2.23. The minimum atomic E-state index is -0.108. The fourth-order valence-electron chi connectivity index (χ4n) is 2.02. The van der Waals surface area contributed by atoms with Crippen molar-refractivity contribution in [2.45, 2.75) is 13.5 Å². The molecule has 1 amide bonds. The van der Waals surface area contributed by atoms with Gasteiger partial charge in [0.05, 0.1) is 12.8 Å². The number of hydrogen-bond acceptors (Lipinski definition) is 3. The topological polar surface area (TPSA) is 64.3 Å². The molecule has 0 unspecified atom stereocenters. The van der Waals surface area contributed by atoms with Crippen LogP contribution in [0.4, 0.5) is 5.69 Å². The van der Waals surface area contributed by atoms with Crippen molar-refractivity contribution in [3.8, 4) is 5.75 Å². The number of halogens is 1. The van der Waals surface area contributed by atoms with Gasteiger partial charge in [-0.05, 0) is 42.3 Å². The molecule has 0 spiro atoms. The molecule has 2 aromatic rings. The highest BCUT2D eigenvalue weighted by Gasteiger charge is 2.10. The Hall–Kier alpha value is -2.01. The molecule has 0 aromatic heterocycles. The zero-order valence-electron chi connectivity index (χ0n) is 11.9. The zero-order valence-corrected chi connectivity index (χ0v) is 13.5. The van der Waals surface area contributed by atoms with Crippen LogP contribution < -0.4 is 15.8 Å². The molecule has 3 N–H and O–H groups in total. The Bertz CT molecular complexity index is 671. The van der Waals surface area contributed by atoms with Crippen molar-refractivity contribution in [1.82, 2.24) is 5.32 Å². The van der Waals surface area contributed by atoms with E-state index in [-0.39, 0.29) is 5.91 Å². The molecule has 0 radical (unpaired) electrons. The van der Waals surface area contributed by atoms with Gasteiger partial charge in [-0.25, -0.2) is 0 Å². The van der Waals surface area contributed by atoms with Crippen molar-refractivity contribution >= 4 is 27.5 Å². The molecule has 2 aromatic carbocycles. The Morgan fingerprint density at radius 3 is 2.76 bits per heavy atom. The number of methoxy groups -OCH3 is 1. The number of anilines is 1. The molecule has 0 aliphatic carbocycles. The van der Waals surface area contributed by atoms with Crippen LogP contribution in [0, 0.1) is 6.92 Å². The molecule has 5 heteroatoms. The monoisotopic (exact) mass is 348 g/mol. The van der Waals surface area contributed by atoms with E-state index in [1.54, 1.807) is 25.3 Å². The molecule has 0 saturated carbocycles. The van der Waals surface area contributed by atoms with Crippen LogP contribution in [0.2, 0.25) is 0 Å². The Morgan fingerprint density at radius 1 is 1.33 bits per heavy atom. The van der Waals surface area contributed by atoms with E-state index in [9.17, 15) is 4.79 Å². The number of ether oxygens (including phenoxy) is 1. The Kier molecular flexibility index (Phi) is 4.85. The third-order valence-corrected chi connectivity index (χ3v) is 4.12. The smallest absolute Gasteiger partial charge is 0.251 e. The summed E-state index contributed by atoms with van der Waals surface area (Å²) in [6, 6.07) is 11.0. The Labute approximate surface area is 132 Å². The van der Waals surface area contributed by atoms with Gasteiger partial charge in [0.25, 0.3) is 5.91 Å². The fraction of sp³-hybridized carbons (Fsp3) is 0.188. The number of carbonyl (C=O) groups is 1. The average Bonchev–Trinajstić information content (AvgIpc) is 2.47. The maximum Gasteiger partial charge on any atom is 0.251 e. The molecular formula is C16H17BrN2O2. The molecule has 0 aliphatic rings. The SMILES string of the molecule is COc1ccc(CNC(=O)c2cccc(Br)c2C)cc1N. The quantitative estimate of drug-likeness (QED) is 0.833. The summed E-state index contributed by atoms with van der Waals surface area (Å²) in [5.41, 5.74) is 8.91. The molecule has 0 atom stereocenters. The summed E-state index contributed by atoms with van der Waals surface area (Å²) in [7, 11) is 1.57. The number of nitrogens with two attached hydrogens (primary N) is 1. The van der Waals surface area contributed by atoms with Crippen molar-refractivity contribution < 1.29 is 9.53 Å². The molecule has 0 fully saturated rings. The van der Waals surface area contributed by atoms with Crippen LogP contribution >= 0.6 is 15.9 Å². The van der Waals surface area contributed by atoms with Gasteiger partial charge in [-0.15, -0.1) is 0 Å². The molecule has 0 bridgehead atoms. The van der Waals surface area contributed by atoms with Crippen LogP contribution in [0.5, 0.6) is 5.75 Å². The zero-order chi connectivity index (χ0) is 15.4. The van der Waals surface area contributed by atoms with Gasteiger partial charge >= 0.3 is 0 Å². The normalized spacial score (nSPS) is 10.2. The first kappa shape index (κ1) is 15.4. The van der Waals surface area contributed by atoms with Crippen molar-refractivity contribution in [3.05, 3.63) is 57.6 Å². The van der Waals surface area contributed by atoms with Gasteiger partial charge in [0.1, 0.15) is 5.75 Å². The van der Waals surface area contributed by atoms with Gasteiger partial charge in [-0.1, -0.05) is 28.1 Å². The molecule has 21 heavy (non-hydrogen) atoms. The van der Waals surface area contributed by atoms with E-state index < -0.39 is 0 Å². The maximum atomic E-state index is 12.2. The van der Waals surface area contributed by atoms with Gasteiger partial charge in [-0.3, -0.25) is 4.79 Å². The second-order valence-corrected chi connectivity index (χ2v) is 5.53. The molecule has 0 saturated heterocycles. The summed E-state index contributed by atoms with van der Waals surface area (Å²) >= 11 is 3.43. The largest absolute Gasteiger partial charge is 0.495 e. The second kappa shape index (κ2) is 6.63.